The van der Waals surface area contributed by atoms with Gasteiger partial charge in [-0.25, -0.2) is 9.78 Å². The van der Waals surface area contributed by atoms with Gasteiger partial charge in [0.2, 0.25) is 0 Å². The van der Waals surface area contributed by atoms with E-state index in [2.05, 4.69) is 4.98 Å². The molecule has 2 heterocycles. The maximum Gasteiger partial charge on any atom is 0.358 e. The Labute approximate surface area is 97.7 Å². The minimum atomic E-state index is -1.11. The molecule has 0 aromatic carbocycles. The number of rotatable bonds is 4. The fraction of sp³-hybridized carbons (Fsp3) is 0.167. The Hall–Kier alpha value is -2.30. The van der Waals surface area contributed by atoms with Gasteiger partial charge in [-0.2, -0.15) is 0 Å². The number of pyridine rings is 1. The predicted molar refractivity (Wildman–Crippen MR) is 59.0 cm³/mol. The van der Waals surface area contributed by atoms with Crippen LogP contribution in [-0.4, -0.2) is 16.1 Å². The summed E-state index contributed by atoms with van der Waals surface area (Å²) >= 11 is 0. The summed E-state index contributed by atoms with van der Waals surface area (Å²) in [4.78, 5) is 14.6. The van der Waals surface area contributed by atoms with Crippen molar-refractivity contribution >= 4 is 5.97 Å². The van der Waals surface area contributed by atoms with Crippen LogP contribution in [-0.2, 0) is 6.61 Å². The third-order valence-corrected chi connectivity index (χ3v) is 2.14. The summed E-state index contributed by atoms with van der Waals surface area (Å²) < 4.78 is 10.7. The van der Waals surface area contributed by atoms with E-state index in [-0.39, 0.29) is 18.1 Å². The van der Waals surface area contributed by atoms with Gasteiger partial charge in [0.05, 0.1) is 0 Å². The Morgan fingerprint density at radius 2 is 2.29 bits per heavy atom. The van der Waals surface area contributed by atoms with Crippen molar-refractivity contribution in [2.24, 2.45) is 0 Å². The highest BCUT2D eigenvalue weighted by Gasteiger charge is 2.12. The lowest BCUT2D eigenvalue weighted by Crippen LogP contribution is -2.05. The van der Waals surface area contributed by atoms with Crippen LogP contribution < -0.4 is 4.74 Å². The monoisotopic (exact) mass is 233 g/mol. The summed E-state index contributed by atoms with van der Waals surface area (Å²) in [5.74, 6) is 0.543. The fourth-order valence-electron chi connectivity index (χ4n) is 1.38. The fourth-order valence-corrected chi connectivity index (χ4v) is 1.38. The second-order valence-corrected chi connectivity index (χ2v) is 3.46. The van der Waals surface area contributed by atoms with Crippen LogP contribution in [0.5, 0.6) is 5.75 Å². The topological polar surface area (TPSA) is 72.6 Å². The summed E-state index contributed by atoms with van der Waals surface area (Å²) in [7, 11) is 0. The molecule has 5 heteroatoms. The zero-order valence-corrected chi connectivity index (χ0v) is 9.21. The Morgan fingerprint density at radius 1 is 1.47 bits per heavy atom. The average Bonchev–Trinajstić information content (AvgIpc) is 2.73. The third kappa shape index (κ3) is 2.63. The van der Waals surface area contributed by atoms with Gasteiger partial charge >= 0.3 is 5.97 Å². The lowest BCUT2D eigenvalue weighted by molar-refractivity contribution is 0.0684. The Kier molecular flexibility index (Phi) is 3.09. The van der Waals surface area contributed by atoms with Crippen molar-refractivity contribution in [3.8, 4) is 5.75 Å². The molecule has 0 fully saturated rings. The van der Waals surface area contributed by atoms with Crippen molar-refractivity contribution in [3.05, 3.63) is 47.7 Å². The second-order valence-electron chi connectivity index (χ2n) is 3.46. The molecule has 0 aliphatic carbocycles. The first-order valence-electron chi connectivity index (χ1n) is 5.03. The normalized spacial score (nSPS) is 10.2. The number of hydrogen-bond donors (Lipinski definition) is 1. The van der Waals surface area contributed by atoms with Crippen molar-refractivity contribution in [1.82, 2.24) is 4.98 Å². The maximum atomic E-state index is 10.9. The maximum absolute atomic E-state index is 10.9. The molecule has 0 aliphatic heterocycles. The first-order valence-corrected chi connectivity index (χ1v) is 5.03. The number of aromatic carboxylic acids is 1. The van der Waals surface area contributed by atoms with Crippen molar-refractivity contribution in [2.75, 3.05) is 0 Å². The largest absolute Gasteiger partial charge is 0.483 e. The van der Waals surface area contributed by atoms with E-state index in [9.17, 15) is 4.79 Å². The Bertz CT molecular complexity index is 533. The molecule has 5 nitrogen and oxygen atoms in total. The highest BCUT2D eigenvalue weighted by molar-refractivity contribution is 5.88. The van der Waals surface area contributed by atoms with Crippen LogP contribution >= 0.6 is 0 Å². The summed E-state index contributed by atoms with van der Waals surface area (Å²) in [5, 5.41) is 8.90. The number of aromatic nitrogens is 1. The van der Waals surface area contributed by atoms with E-state index in [4.69, 9.17) is 14.3 Å². The van der Waals surface area contributed by atoms with E-state index in [1.54, 1.807) is 18.2 Å². The first-order chi connectivity index (χ1) is 8.16. The van der Waals surface area contributed by atoms with Gasteiger partial charge in [0.25, 0.3) is 0 Å². The van der Waals surface area contributed by atoms with Gasteiger partial charge in [0.15, 0.2) is 11.4 Å². The number of hydrogen-bond acceptors (Lipinski definition) is 4. The van der Waals surface area contributed by atoms with Crippen LogP contribution in [0.2, 0.25) is 0 Å². The zero-order chi connectivity index (χ0) is 12.3. The summed E-state index contributed by atoms with van der Waals surface area (Å²) in [6, 6.07) is 6.79. The van der Waals surface area contributed by atoms with Crippen LogP contribution in [0.15, 0.2) is 34.9 Å². The van der Waals surface area contributed by atoms with Crippen LogP contribution in [0.25, 0.3) is 0 Å². The van der Waals surface area contributed by atoms with E-state index in [1.807, 2.05) is 13.0 Å². The van der Waals surface area contributed by atoms with E-state index < -0.39 is 5.97 Å². The second kappa shape index (κ2) is 4.69. The lowest BCUT2D eigenvalue weighted by Gasteiger charge is -2.06. The zero-order valence-electron chi connectivity index (χ0n) is 9.21. The van der Waals surface area contributed by atoms with E-state index >= 15 is 0 Å². The molecule has 0 spiro atoms. The minimum Gasteiger partial charge on any atom is -0.483 e. The molecule has 2 aromatic heterocycles. The van der Waals surface area contributed by atoms with Gasteiger partial charge in [0, 0.05) is 6.20 Å². The summed E-state index contributed by atoms with van der Waals surface area (Å²) in [5.41, 5.74) is -0.101. The molecule has 88 valence electrons. The first kappa shape index (κ1) is 11.2. The number of aryl methyl sites for hydroxylation is 1. The number of nitrogens with zero attached hydrogens (tertiary/aromatic N) is 1. The lowest BCUT2D eigenvalue weighted by atomic mass is 10.3. The van der Waals surface area contributed by atoms with Crippen molar-refractivity contribution < 1.29 is 19.1 Å². The average molecular weight is 233 g/mol. The van der Waals surface area contributed by atoms with Crippen LogP contribution in [0.4, 0.5) is 0 Å². The Balaban J connectivity index is 2.11. The predicted octanol–water partition coefficient (Wildman–Crippen LogP) is 2.26. The van der Waals surface area contributed by atoms with Gasteiger partial charge in [0.1, 0.15) is 18.1 Å². The standard InChI is InChI=1S/C12H11NO4/c1-8-4-5-9(17-8)7-16-10-3-2-6-13-11(10)12(14)15/h2-6H,7H2,1H3,(H,14,15). The molecule has 2 aromatic rings. The molecular weight excluding hydrogens is 222 g/mol. The van der Waals surface area contributed by atoms with E-state index in [0.717, 1.165) is 5.76 Å². The number of carboxylic acid groups (broad SMARTS) is 1. The van der Waals surface area contributed by atoms with Crippen molar-refractivity contribution in [2.45, 2.75) is 13.5 Å². The van der Waals surface area contributed by atoms with Crippen molar-refractivity contribution in [1.29, 1.82) is 0 Å². The van der Waals surface area contributed by atoms with Gasteiger partial charge in [-0.05, 0) is 31.2 Å². The molecular formula is C12H11NO4. The van der Waals surface area contributed by atoms with Crippen LogP contribution in [0.1, 0.15) is 22.0 Å². The molecule has 0 saturated heterocycles. The summed E-state index contributed by atoms with van der Waals surface area (Å²) in [6.07, 6.45) is 1.41. The molecule has 0 bridgehead atoms. The molecule has 0 saturated carbocycles. The molecule has 0 amide bonds. The minimum absolute atomic E-state index is 0.101. The molecule has 17 heavy (non-hydrogen) atoms. The Morgan fingerprint density at radius 3 is 2.94 bits per heavy atom. The van der Waals surface area contributed by atoms with E-state index in [0.29, 0.717) is 5.76 Å². The molecule has 0 aliphatic rings. The highest BCUT2D eigenvalue weighted by atomic mass is 16.5. The quantitative estimate of drug-likeness (QED) is 0.876. The van der Waals surface area contributed by atoms with Crippen LogP contribution in [0, 0.1) is 6.92 Å². The third-order valence-electron chi connectivity index (χ3n) is 2.14. The van der Waals surface area contributed by atoms with Gasteiger partial charge in [-0.15, -0.1) is 0 Å². The molecule has 1 N–H and O–H groups in total. The van der Waals surface area contributed by atoms with Crippen molar-refractivity contribution in [3.63, 3.8) is 0 Å². The van der Waals surface area contributed by atoms with Gasteiger partial charge < -0.3 is 14.3 Å². The molecule has 0 unspecified atom stereocenters. The SMILES string of the molecule is Cc1ccc(COc2cccnc2C(=O)O)o1. The van der Waals surface area contributed by atoms with Gasteiger partial charge in [-0.1, -0.05) is 0 Å². The molecule has 2 rings (SSSR count). The van der Waals surface area contributed by atoms with Crippen LogP contribution in [0.3, 0.4) is 0 Å². The molecule has 0 atom stereocenters. The number of furan rings is 1. The smallest absolute Gasteiger partial charge is 0.358 e. The number of carbonyl (C=O) groups is 1. The highest BCUT2D eigenvalue weighted by Crippen LogP contribution is 2.17. The molecule has 0 radical (unpaired) electrons. The van der Waals surface area contributed by atoms with Gasteiger partial charge in [-0.3, -0.25) is 0 Å². The number of carboxylic acids is 1. The number of ether oxygens (including phenoxy) is 1. The summed E-state index contributed by atoms with van der Waals surface area (Å²) in [6.45, 7) is 2.01. The van der Waals surface area contributed by atoms with E-state index in [1.165, 1.54) is 6.20 Å².